The average molecular weight is 231 g/mol. The van der Waals surface area contributed by atoms with Gasteiger partial charge in [0.25, 0.3) is 0 Å². The lowest BCUT2D eigenvalue weighted by Crippen LogP contribution is -2.57. The van der Waals surface area contributed by atoms with Crippen molar-refractivity contribution >= 4 is 12.0 Å². The molecule has 1 saturated heterocycles. The van der Waals surface area contributed by atoms with E-state index in [-0.39, 0.29) is 13.2 Å². The largest absolute Gasteiger partial charge is 0.447 e. The number of piperazine rings is 1. The van der Waals surface area contributed by atoms with Crippen molar-refractivity contribution in [3.8, 4) is 0 Å². The Morgan fingerprint density at radius 2 is 2.25 bits per heavy atom. The smallest absolute Gasteiger partial charge is 0.409 e. The molecule has 1 rings (SSSR count). The van der Waals surface area contributed by atoms with Crippen LogP contribution in [0.15, 0.2) is 0 Å². The number of primary amides is 1. The molecule has 1 aliphatic rings. The Morgan fingerprint density at radius 3 is 2.88 bits per heavy atom. The minimum atomic E-state index is -0.497. The molecule has 0 aromatic heterocycles. The van der Waals surface area contributed by atoms with Gasteiger partial charge in [-0.25, -0.2) is 4.79 Å². The summed E-state index contributed by atoms with van der Waals surface area (Å²) in [6, 6.07) is -0.497. The minimum Gasteiger partial charge on any atom is -0.447 e. The average Bonchev–Trinajstić information content (AvgIpc) is 2.29. The molecule has 1 heterocycles. The summed E-state index contributed by atoms with van der Waals surface area (Å²) < 4.78 is 9.69. The van der Waals surface area contributed by atoms with Crippen LogP contribution in [0.1, 0.15) is 0 Å². The van der Waals surface area contributed by atoms with E-state index in [0.717, 1.165) is 0 Å². The van der Waals surface area contributed by atoms with Crippen LogP contribution < -0.4 is 11.1 Å². The van der Waals surface area contributed by atoms with Crippen LogP contribution in [0.2, 0.25) is 0 Å². The van der Waals surface area contributed by atoms with E-state index >= 15 is 0 Å². The molecule has 0 bridgehead atoms. The molecule has 0 aromatic rings. The Bertz CT molecular complexity index is 259. The van der Waals surface area contributed by atoms with Crippen molar-refractivity contribution in [2.24, 2.45) is 5.73 Å². The van der Waals surface area contributed by atoms with E-state index in [1.165, 1.54) is 12.0 Å². The summed E-state index contributed by atoms with van der Waals surface area (Å²) in [7, 11) is 1.53. The summed E-state index contributed by atoms with van der Waals surface area (Å²) in [5.74, 6) is -0.464. The summed E-state index contributed by atoms with van der Waals surface area (Å²) in [6.07, 6.45) is -0.440. The van der Waals surface area contributed by atoms with Gasteiger partial charge in [-0.3, -0.25) is 4.79 Å². The summed E-state index contributed by atoms with van der Waals surface area (Å²) in [4.78, 5) is 23.9. The second-order valence-electron chi connectivity index (χ2n) is 3.46. The number of hydrogen-bond donors (Lipinski definition) is 2. The monoisotopic (exact) mass is 231 g/mol. The summed E-state index contributed by atoms with van der Waals surface area (Å²) in [6.45, 7) is 1.86. The van der Waals surface area contributed by atoms with Gasteiger partial charge in [0.1, 0.15) is 12.6 Å². The first-order valence-corrected chi connectivity index (χ1v) is 5.08. The molecule has 1 aliphatic heterocycles. The van der Waals surface area contributed by atoms with Gasteiger partial charge in [-0.05, 0) is 0 Å². The molecule has 1 fully saturated rings. The van der Waals surface area contributed by atoms with E-state index in [4.69, 9.17) is 15.2 Å². The molecule has 0 aromatic carbocycles. The van der Waals surface area contributed by atoms with Crippen LogP contribution in [0.3, 0.4) is 0 Å². The molecule has 0 aliphatic carbocycles. The van der Waals surface area contributed by atoms with Crippen molar-refractivity contribution in [2.45, 2.75) is 6.04 Å². The van der Waals surface area contributed by atoms with E-state index in [0.29, 0.717) is 19.7 Å². The maximum absolute atomic E-state index is 11.5. The summed E-state index contributed by atoms with van der Waals surface area (Å²) in [5, 5.41) is 2.92. The highest BCUT2D eigenvalue weighted by molar-refractivity contribution is 5.81. The lowest BCUT2D eigenvalue weighted by molar-refractivity contribution is -0.120. The number of nitrogens with zero attached hydrogens (tertiary/aromatic N) is 1. The number of amides is 2. The lowest BCUT2D eigenvalue weighted by atomic mass is 10.2. The van der Waals surface area contributed by atoms with Gasteiger partial charge in [0.15, 0.2) is 0 Å². The minimum absolute atomic E-state index is 0.209. The van der Waals surface area contributed by atoms with Gasteiger partial charge in [-0.2, -0.15) is 0 Å². The Kier molecular flexibility index (Phi) is 5.00. The first-order valence-electron chi connectivity index (χ1n) is 5.08. The number of carbonyl (C=O) groups excluding carboxylic acids is 2. The zero-order valence-corrected chi connectivity index (χ0v) is 9.27. The zero-order chi connectivity index (χ0) is 12.0. The highest BCUT2D eigenvalue weighted by atomic mass is 16.6. The van der Waals surface area contributed by atoms with Gasteiger partial charge in [-0.1, -0.05) is 0 Å². The molecule has 7 heteroatoms. The Labute approximate surface area is 93.9 Å². The fourth-order valence-electron chi connectivity index (χ4n) is 1.41. The van der Waals surface area contributed by atoms with Crippen LogP contribution in [0.5, 0.6) is 0 Å². The van der Waals surface area contributed by atoms with E-state index in [9.17, 15) is 9.59 Å². The first-order chi connectivity index (χ1) is 7.65. The van der Waals surface area contributed by atoms with Crippen molar-refractivity contribution in [1.29, 1.82) is 0 Å². The predicted molar refractivity (Wildman–Crippen MR) is 55.8 cm³/mol. The Morgan fingerprint density at radius 1 is 1.50 bits per heavy atom. The number of hydrogen-bond acceptors (Lipinski definition) is 5. The topological polar surface area (TPSA) is 93.9 Å². The molecular formula is C9H17N3O4. The fourth-order valence-corrected chi connectivity index (χ4v) is 1.41. The molecular weight excluding hydrogens is 214 g/mol. The third-order valence-electron chi connectivity index (χ3n) is 2.29. The molecule has 7 nitrogen and oxygen atoms in total. The van der Waals surface area contributed by atoms with E-state index in [1.54, 1.807) is 0 Å². The van der Waals surface area contributed by atoms with Gasteiger partial charge < -0.3 is 25.4 Å². The summed E-state index contributed by atoms with van der Waals surface area (Å²) in [5.41, 5.74) is 5.15. The van der Waals surface area contributed by atoms with E-state index in [1.807, 2.05) is 0 Å². The maximum Gasteiger partial charge on any atom is 0.409 e. The van der Waals surface area contributed by atoms with Crippen molar-refractivity contribution in [3.05, 3.63) is 0 Å². The van der Waals surface area contributed by atoms with Crippen LogP contribution in [-0.4, -0.2) is 62.9 Å². The highest BCUT2D eigenvalue weighted by Gasteiger charge is 2.27. The van der Waals surface area contributed by atoms with Crippen LogP contribution in [-0.2, 0) is 14.3 Å². The zero-order valence-electron chi connectivity index (χ0n) is 9.27. The van der Waals surface area contributed by atoms with E-state index < -0.39 is 18.0 Å². The van der Waals surface area contributed by atoms with Crippen LogP contribution >= 0.6 is 0 Å². The SMILES string of the molecule is COCCOC(=O)N1CCN[C@@H](C(N)=O)C1. The highest BCUT2D eigenvalue weighted by Crippen LogP contribution is 2.01. The van der Waals surface area contributed by atoms with Crippen LogP contribution in [0, 0.1) is 0 Å². The normalized spacial score (nSPS) is 20.6. The number of nitrogens with two attached hydrogens (primary N) is 1. The van der Waals surface area contributed by atoms with Gasteiger partial charge >= 0.3 is 6.09 Å². The number of ether oxygens (including phenoxy) is 2. The van der Waals surface area contributed by atoms with Crippen molar-refractivity contribution in [1.82, 2.24) is 10.2 Å². The number of nitrogens with one attached hydrogen (secondary N) is 1. The molecule has 3 N–H and O–H groups in total. The second-order valence-corrected chi connectivity index (χ2v) is 3.46. The maximum atomic E-state index is 11.5. The Balaban J connectivity index is 2.35. The molecule has 0 spiro atoms. The van der Waals surface area contributed by atoms with Crippen molar-refractivity contribution < 1.29 is 19.1 Å². The standard InChI is InChI=1S/C9H17N3O4/c1-15-4-5-16-9(14)12-3-2-11-7(6-12)8(10)13/h7,11H,2-6H2,1H3,(H2,10,13)/t7-/m1/s1. The van der Waals surface area contributed by atoms with E-state index in [2.05, 4.69) is 5.32 Å². The molecule has 2 amide bonds. The molecule has 16 heavy (non-hydrogen) atoms. The third kappa shape index (κ3) is 3.67. The van der Waals surface area contributed by atoms with Gasteiger partial charge in [-0.15, -0.1) is 0 Å². The van der Waals surface area contributed by atoms with Crippen LogP contribution in [0.4, 0.5) is 4.79 Å². The van der Waals surface area contributed by atoms with Gasteiger partial charge in [0.2, 0.25) is 5.91 Å². The Hall–Kier alpha value is -1.34. The van der Waals surface area contributed by atoms with Gasteiger partial charge in [0, 0.05) is 26.7 Å². The lowest BCUT2D eigenvalue weighted by Gasteiger charge is -2.31. The number of carbonyl (C=O) groups is 2. The summed E-state index contributed by atoms with van der Waals surface area (Å²) >= 11 is 0. The van der Waals surface area contributed by atoms with Crippen molar-refractivity contribution in [3.63, 3.8) is 0 Å². The van der Waals surface area contributed by atoms with Crippen LogP contribution in [0.25, 0.3) is 0 Å². The predicted octanol–water partition coefficient (Wildman–Crippen LogP) is -1.47. The molecule has 0 radical (unpaired) electrons. The fraction of sp³-hybridized carbons (Fsp3) is 0.778. The second kappa shape index (κ2) is 6.29. The molecule has 92 valence electrons. The molecule has 0 saturated carbocycles. The number of methoxy groups -OCH3 is 1. The molecule has 0 unspecified atom stereocenters. The quantitative estimate of drug-likeness (QED) is 0.576. The van der Waals surface area contributed by atoms with Crippen molar-refractivity contribution in [2.75, 3.05) is 40.0 Å². The first kappa shape index (κ1) is 12.7. The number of rotatable bonds is 4. The third-order valence-corrected chi connectivity index (χ3v) is 2.29. The molecule has 1 atom stereocenters. The van der Waals surface area contributed by atoms with Gasteiger partial charge in [0.05, 0.1) is 6.61 Å².